The molecule has 0 saturated heterocycles. The Morgan fingerprint density at radius 3 is 2.75 bits per heavy atom. The predicted molar refractivity (Wildman–Crippen MR) is 84.7 cm³/mol. The van der Waals surface area contributed by atoms with Crippen molar-refractivity contribution in [1.29, 1.82) is 0 Å². The van der Waals surface area contributed by atoms with Crippen molar-refractivity contribution in [2.24, 2.45) is 5.92 Å². The standard InChI is InChI=1S/C18H24N2/c1-2-20-18(14-8-4-3-5-9-14)17-13-19-12-15-10-6-7-11-16(15)17/h6-7,10-14,18,20H,2-5,8-9H2,1H3. The van der Waals surface area contributed by atoms with Crippen molar-refractivity contribution in [3.63, 3.8) is 0 Å². The molecule has 1 unspecified atom stereocenters. The second kappa shape index (κ2) is 6.36. The summed E-state index contributed by atoms with van der Waals surface area (Å²) in [7, 11) is 0. The highest BCUT2D eigenvalue weighted by molar-refractivity contribution is 5.85. The Kier molecular flexibility index (Phi) is 4.31. The molecule has 1 saturated carbocycles. The summed E-state index contributed by atoms with van der Waals surface area (Å²) in [6, 6.07) is 9.08. The number of benzene rings is 1. The predicted octanol–water partition coefficient (Wildman–Crippen LogP) is 4.47. The van der Waals surface area contributed by atoms with E-state index in [2.05, 4.69) is 47.7 Å². The average Bonchev–Trinajstić information content (AvgIpc) is 2.53. The topological polar surface area (TPSA) is 24.9 Å². The first-order chi connectivity index (χ1) is 9.90. The molecular formula is C18H24N2. The molecule has 1 aromatic heterocycles. The zero-order valence-electron chi connectivity index (χ0n) is 12.3. The van der Waals surface area contributed by atoms with E-state index >= 15 is 0 Å². The highest BCUT2D eigenvalue weighted by Gasteiger charge is 2.25. The number of nitrogens with zero attached hydrogens (tertiary/aromatic N) is 1. The lowest BCUT2D eigenvalue weighted by Crippen LogP contribution is -2.29. The first-order valence-electron chi connectivity index (χ1n) is 7.96. The van der Waals surface area contributed by atoms with Crippen LogP contribution in [-0.4, -0.2) is 11.5 Å². The van der Waals surface area contributed by atoms with Crippen molar-refractivity contribution in [3.05, 3.63) is 42.2 Å². The van der Waals surface area contributed by atoms with Gasteiger partial charge in [-0.2, -0.15) is 0 Å². The minimum Gasteiger partial charge on any atom is -0.310 e. The number of hydrogen-bond acceptors (Lipinski definition) is 2. The Hall–Kier alpha value is -1.41. The zero-order valence-corrected chi connectivity index (χ0v) is 12.3. The molecule has 0 amide bonds. The lowest BCUT2D eigenvalue weighted by molar-refractivity contribution is 0.275. The number of fused-ring (bicyclic) bond motifs is 1. The molecule has 20 heavy (non-hydrogen) atoms. The van der Waals surface area contributed by atoms with Gasteiger partial charge in [0.25, 0.3) is 0 Å². The molecule has 2 aromatic rings. The third kappa shape index (κ3) is 2.71. The van der Waals surface area contributed by atoms with Crippen molar-refractivity contribution in [1.82, 2.24) is 10.3 Å². The van der Waals surface area contributed by atoms with Gasteiger partial charge >= 0.3 is 0 Å². The van der Waals surface area contributed by atoms with E-state index in [1.54, 1.807) is 0 Å². The van der Waals surface area contributed by atoms with Gasteiger partial charge in [-0.1, -0.05) is 50.5 Å². The summed E-state index contributed by atoms with van der Waals surface area (Å²) in [6.45, 7) is 3.22. The van der Waals surface area contributed by atoms with Crippen LogP contribution in [0.3, 0.4) is 0 Å². The fourth-order valence-electron chi connectivity index (χ4n) is 3.61. The van der Waals surface area contributed by atoms with Gasteiger partial charge in [0, 0.05) is 23.8 Å². The highest BCUT2D eigenvalue weighted by atomic mass is 14.9. The maximum atomic E-state index is 4.47. The summed E-state index contributed by atoms with van der Waals surface area (Å²) in [5.41, 5.74) is 1.39. The van der Waals surface area contributed by atoms with Gasteiger partial charge in [-0.15, -0.1) is 0 Å². The second-order valence-corrected chi connectivity index (χ2v) is 5.88. The third-order valence-electron chi connectivity index (χ3n) is 4.58. The zero-order chi connectivity index (χ0) is 13.8. The summed E-state index contributed by atoms with van der Waals surface area (Å²) < 4.78 is 0. The Labute approximate surface area is 121 Å². The van der Waals surface area contributed by atoms with E-state index in [4.69, 9.17) is 0 Å². The third-order valence-corrected chi connectivity index (χ3v) is 4.58. The molecule has 0 bridgehead atoms. The van der Waals surface area contributed by atoms with E-state index < -0.39 is 0 Å². The second-order valence-electron chi connectivity index (χ2n) is 5.88. The molecule has 1 aliphatic carbocycles. The van der Waals surface area contributed by atoms with E-state index in [1.807, 2.05) is 6.20 Å². The molecular weight excluding hydrogens is 244 g/mol. The smallest absolute Gasteiger partial charge is 0.0370 e. The number of nitrogens with one attached hydrogen (secondary N) is 1. The molecule has 0 radical (unpaired) electrons. The van der Waals surface area contributed by atoms with Gasteiger partial charge in [0.15, 0.2) is 0 Å². The monoisotopic (exact) mass is 268 g/mol. The summed E-state index contributed by atoms with van der Waals surface area (Å²) in [4.78, 5) is 4.47. The highest BCUT2D eigenvalue weighted by Crippen LogP contribution is 2.36. The van der Waals surface area contributed by atoms with Gasteiger partial charge in [0.05, 0.1) is 0 Å². The van der Waals surface area contributed by atoms with Crippen LogP contribution < -0.4 is 5.32 Å². The SMILES string of the molecule is CCNC(c1cncc2ccccc12)C1CCCCC1. The molecule has 1 atom stereocenters. The Morgan fingerprint density at radius 2 is 1.95 bits per heavy atom. The fraction of sp³-hybridized carbons (Fsp3) is 0.500. The normalized spacial score (nSPS) is 18.2. The van der Waals surface area contributed by atoms with Gasteiger partial charge in [-0.05, 0) is 36.3 Å². The van der Waals surface area contributed by atoms with E-state index in [0.717, 1.165) is 12.5 Å². The van der Waals surface area contributed by atoms with E-state index in [1.165, 1.54) is 48.4 Å². The summed E-state index contributed by atoms with van der Waals surface area (Å²) in [5.74, 6) is 0.760. The van der Waals surface area contributed by atoms with E-state index in [9.17, 15) is 0 Å². The number of pyridine rings is 1. The molecule has 2 nitrogen and oxygen atoms in total. The Bertz CT molecular complexity index is 553. The van der Waals surface area contributed by atoms with Crippen LogP contribution in [0.5, 0.6) is 0 Å². The van der Waals surface area contributed by atoms with Crippen molar-refractivity contribution in [2.75, 3.05) is 6.54 Å². The van der Waals surface area contributed by atoms with E-state index in [0.29, 0.717) is 6.04 Å². The molecule has 1 N–H and O–H groups in total. The molecule has 0 aliphatic heterocycles. The van der Waals surface area contributed by atoms with Crippen LogP contribution in [0.15, 0.2) is 36.7 Å². The molecule has 1 fully saturated rings. The minimum absolute atomic E-state index is 0.457. The van der Waals surface area contributed by atoms with Crippen LogP contribution in [-0.2, 0) is 0 Å². The van der Waals surface area contributed by atoms with Crippen LogP contribution in [0.1, 0.15) is 50.6 Å². The maximum absolute atomic E-state index is 4.47. The molecule has 1 heterocycles. The van der Waals surface area contributed by atoms with Crippen LogP contribution in [0.25, 0.3) is 10.8 Å². The van der Waals surface area contributed by atoms with Crippen LogP contribution in [0.4, 0.5) is 0 Å². The lowest BCUT2D eigenvalue weighted by atomic mass is 9.80. The number of aromatic nitrogens is 1. The number of hydrogen-bond donors (Lipinski definition) is 1. The molecule has 106 valence electrons. The summed E-state index contributed by atoms with van der Waals surface area (Å²) >= 11 is 0. The van der Waals surface area contributed by atoms with E-state index in [-0.39, 0.29) is 0 Å². The summed E-state index contributed by atoms with van der Waals surface area (Å²) in [5, 5.41) is 6.33. The minimum atomic E-state index is 0.457. The quantitative estimate of drug-likeness (QED) is 0.885. The number of rotatable bonds is 4. The fourth-order valence-corrected chi connectivity index (χ4v) is 3.61. The van der Waals surface area contributed by atoms with Crippen molar-refractivity contribution in [2.45, 2.75) is 45.1 Å². The van der Waals surface area contributed by atoms with Crippen LogP contribution >= 0.6 is 0 Å². The first-order valence-corrected chi connectivity index (χ1v) is 7.96. The van der Waals surface area contributed by atoms with Gasteiger partial charge in [-0.25, -0.2) is 0 Å². The Morgan fingerprint density at radius 1 is 1.15 bits per heavy atom. The van der Waals surface area contributed by atoms with Gasteiger partial charge in [0.2, 0.25) is 0 Å². The largest absolute Gasteiger partial charge is 0.310 e. The summed E-state index contributed by atoms with van der Waals surface area (Å²) in [6.07, 6.45) is 10.9. The van der Waals surface area contributed by atoms with Gasteiger partial charge in [-0.3, -0.25) is 4.98 Å². The van der Waals surface area contributed by atoms with Crippen molar-refractivity contribution in [3.8, 4) is 0 Å². The average molecular weight is 268 g/mol. The maximum Gasteiger partial charge on any atom is 0.0370 e. The van der Waals surface area contributed by atoms with Gasteiger partial charge < -0.3 is 5.32 Å². The molecule has 1 aliphatic rings. The molecule has 0 spiro atoms. The molecule has 3 rings (SSSR count). The molecule has 1 aromatic carbocycles. The van der Waals surface area contributed by atoms with Crippen molar-refractivity contribution >= 4 is 10.8 Å². The van der Waals surface area contributed by atoms with Crippen LogP contribution in [0.2, 0.25) is 0 Å². The first kappa shape index (κ1) is 13.6. The van der Waals surface area contributed by atoms with Gasteiger partial charge in [0.1, 0.15) is 0 Å². The lowest BCUT2D eigenvalue weighted by Gasteiger charge is -2.31. The molecule has 2 heteroatoms. The van der Waals surface area contributed by atoms with Crippen LogP contribution in [0, 0.1) is 5.92 Å². The Balaban J connectivity index is 2.00. The van der Waals surface area contributed by atoms with Crippen molar-refractivity contribution < 1.29 is 0 Å².